The van der Waals surface area contributed by atoms with Gasteiger partial charge in [0, 0.05) is 11.0 Å². The third-order valence-corrected chi connectivity index (χ3v) is 1.72. The van der Waals surface area contributed by atoms with Crippen molar-refractivity contribution >= 4 is 22.4 Å². The second kappa shape index (κ2) is 3.24. The Bertz CT molecular complexity index is 584. The van der Waals surface area contributed by atoms with Crippen LogP contribution < -0.4 is 0 Å². The van der Waals surface area contributed by atoms with Crippen LogP contribution in [0.25, 0.3) is 21.5 Å². The number of nitro groups is 1. The molecule has 9 nitrogen and oxygen atoms in total. The molecule has 0 spiro atoms. The van der Waals surface area contributed by atoms with E-state index in [2.05, 4.69) is 25.0 Å². The molecule has 0 unspecified atom stereocenters. The molecule has 0 bridgehead atoms. The van der Waals surface area contributed by atoms with Crippen molar-refractivity contribution < 1.29 is 9.55 Å². The van der Waals surface area contributed by atoms with Crippen LogP contribution in [0.2, 0.25) is 0 Å². The number of hydrogen-bond donors (Lipinski definition) is 0. The summed E-state index contributed by atoms with van der Waals surface area (Å²) >= 11 is 0. The molecule has 1 aromatic carbocycles. The third-order valence-electron chi connectivity index (χ3n) is 1.72. The summed E-state index contributed by atoms with van der Waals surface area (Å²) in [5.41, 5.74) is 8.12. The van der Waals surface area contributed by atoms with Crippen LogP contribution in [0, 0.1) is 10.1 Å². The molecular formula is C6H2N6O3. The summed E-state index contributed by atoms with van der Waals surface area (Å²) in [5, 5.41) is 20.7. The lowest BCUT2D eigenvalue weighted by Gasteiger charge is -1.94. The van der Waals surface area contributed by atoms with E-state index in [9.17, 15) is 10.1 Å². The van der Waals surface area contributed by atoms with Crippen molar-refractivity contribution in [3.63, 3.8) is 0 Å². The summed E-state index contributed by atoms with van der Waals surface area (Å²) in [7, 11) is 0. The van der Waals surface area contributed by atoms with Crippen molar-refractivity contribution in [2.45, 2.75) is 0 Å². The van der Waals surface area contributed by atoms with E-state index in [4.69, 9.17) is 5.53 Å². The first-order valence-corrected chi connectivity index (χ1v) is 3.69. The van der Waals surface area contributed by atoms with Crippen molar-refractivity contribution in [1.29, 1.82) is 0 Å². The Hall–Kier alpha value is -2.67. The van der Waals surface area contributed by atoms with Crippen molar-refractivity contribution in [2.75, 3.05) is 0 Å². The molecule has 15 heavy (non-hydrogen) atoms. The summed E-state index contributed by atoms with van der Waals surface area (Å²) in [6.07, 6.45) is 0. The monoisotopic (exact) mass is 206 g/mol. The highest BCUT2D eigenvalue weighted by molar-refractivity contribution is 5.90. The molecule has 1 aromatic heterocycles. The number of aromatic nitrogens is 2. The summed E-state index contributed by atoms with van der Waals surface area (Å²) in [6.45, 7) is 0. The predicted molar refractivity (Wildman–Crippen MR) is 47.3 cm³/mol. The fraction of sp³-hybridized carbons (Fsp3) is 0. The average molecular weight is 206 g/mol. The molecule has 2 rings (SSSR count). The smallest absolute Gasteiger partial charge is 0.258 e. The van der Waals surface area contributed by atoms with Crippen molar-refractivity contribution in [3.05, 3.63) is 32.7 Å². The molecule has 0 aliphatic heterocycles. The van der Waals surface area contributed by atoms with Gasteiger partial charge in [0.25, 0.3) is 5.69 Å². The number of nitro benzene ring substituents is 1. The number of nitrogens with zero attached hydrogens (tertiary/aromatic N) is 6. The number of rotatable bonds is 2. The number of benzene rings is 1. The maximum atomic E-state index is 10.6. The molecule has 0 aliphatic rings. The van der Waals surface area contributed by atoms with Crippen LogP contribution in [-0.2, 0) is 0 Å². The fourth-order valence-corrected chi connectivity index (χ4v) is 1.12. The van der Waals surface area contributed by atoms with Gasteiger partial charge < -0.3 is 0 Å². The number of hydrogen-bond acceptors (Lipinski definition) is 6. The molecule has 0 saturated carbocycles. The fourth-order valence-electron chi connectivity index (χ4n) is 1.12. The number of azide groups is 1. The van der Waals surface area contributed by atoms with E-state index in [1.807, 2.05) is 0 Å². The lowest BCUT2D eigenvalue weighted by molar-refractivity contribution is -0.384. The van der Waals surface area contributed by atoms with Crippen LogP contribution in [0.15, 0.2) is 21.9 Å². The van der Waals surface area contributed by atoms with Gasteiger partial charge in [-0.25, -0.2) is 4.63 Å². The van der Waals surface area contributed by atoms with Gasteiger partial charge in [0.05, 0.1) is 4.92 Å². The van der Waals surface area contributed by atoms with E-state index in [1.54, 1.807) is 0 Å². The lowest BCUT2D eigenvalue weighted by atomic mass is 10.2. The van der Waals surface area contributed by atoms with Gasteiger partial charge in [-0.3, -0.25) is 10.1 Å². The van der Waals surface area contributed by atoms with Crippen LogP contribution in [0.3, 0.4) is 0 Å². The van der Waals surface area contributed by atoms with E-state index >= 15 is 0 Å². The van der Waals surface area contributed by atoms with Gasteiger partial charge >= 0.3 is 0 Å². The largest absolute Gasteiger partial charge is 0.281 e. The highest BCUT2D eigenvalue weighted by Crippen LogP contribution is 2.33. The Morgan fingerprint density at radius 3 is 3.00 bits per heavy atom. The van der Waals surface area contributed by atoms with Crippen LogP contribution >= 0.6 is 0 Å². The topological polar surface area (TPSA) is 131 Å². The molecular weight excluding hydrogens is 204 g/mol. The molecule has 9 heteroatoms. The summed E-state index contributed by atoms with van der Waals surface area (Å²) in [6, 6.07) is 2.54. The van der Waals surface area contributed by atoms with Gasteiger partial charge in [-0.05, 0) is 21.9 Å². The molecule has 0 N–H and O–H groups in total. The van der Waals surface area contributed by atoms with E-state index < -0.39 is 4.92 Å². The van der Waals surface area contributed by atoms with Gasteiger partial charge in [0.1, 0.15) is 11.2 Å². The van der Waals surface area contributed by atoms with E-state index in [1.165, 1.54) is 12.1 Å². The normalized spacial score (nSPS) is 9.87. The Kier molecular flexibility index (Phi) is 1.92. The minimum atomic E-state index is -0.669. The Labute approximate surface area is 81.0 Å². The maximum Gasteiger partial charge on any atom is 0.281 e. The van der Waals surface area contributed by atoms with Crippen LogP contribution in [0.1, 0.15) is 0 Å². The predicted octanol–water partition coefficient (Wildman–Crippen LogP) is 2.07. The van der Waals surface area contributed by atoms with Crippen molar-refractivity contribution in [2.24, 2.45) is 5.11 Å². The molecule has 2 aromatic rings. The molecule has 0 amide bonds. The van der Waals surface area contributed by atoms with Gasteiger partial charge in [0.2, 0.25) is 0 Å². The average Bonchev–Trinajstić information content (AvgIpc) is 2.66. The highest BCUT2D eigenvalue weighted by atomic mass is 16.6. The first-order valence-electron chi connectivity index (χ1n) is 3.69. The molecule has 0 fully saturated rings. The molecule has 0 aliphatic carbocycles. The Morgan fingerprint density at radius 1 is 1.53 bits per heavy atom. The van der Waals surface area contributed by atoms with Gasteiger partial charge in [0.15, 0.2) is 5.52 Å². The van der Waals surface area contributed by atoms with Crippen molar-refractivity contribution in [1.82, 2.24) is 10.3 Å². The lowest BCUT2D eigenvalue weighted by Crippen LogP contribution is -1.88. The van der Waals surface area contributed by atoms with Crippen LogP contribution in [0.4, 0.5) is 11.4 Å². The second-order valence-electron chi connectivity index (χ2n) is 2.51. The van der Waals surface area contributed by atoms with E-state index in [-0.39, 0.29) is 16.9 Å². The molecule has 0 atom stereocenters. The zero-order chi connectivity index (χ0) is 10.8. The van der Waals surface area contributed by atoms with Crippen molar-refractivity contribution in [3.8, 4) is 0 Å². The molecule has 0 radical (unpaired) electrons. The van der Waals surface area contributed by atoms with E-state index in [0.717, 1.165) is 0 Å². The van der Waals surface area contributed by atoms with Gasteiger partial charge in [-0.2, -0.15) is 0 Å². The highest BCUT2D eigenvalue weighted by Gasteiger charge is 2.18. The molecule has 74 valence electrons. The Morgan fingerprint density at radius 2 is 2.33 bits per heavy atom. The Balaban J connectivity index is 2.86. The third kappa shape index (κ3) is 1.32. The first-order chi connectivity index (χ1) is 7.24. The second-order valence-corrected chi connectivity index (χ2v) is 2.51. The van der Waals surface area contributed by atoms with Crippen LogP contribution in [0.5, 0.6) is 0 Å². The summed E-state index contributed by atoms with van der Waals surface area (Å²) in [4.78, 5) is 12.4. The maximum absolute atomic E-state index is 10.6. The quantitative estimate of drug-likeness (QED) is 0.244. The SMILES string of the molecule is [N-]=[N+]=Nc1c([N+](=O)[O-])ccc2nonc12. The minimum Gasteiger partial charge on any atom is -0.258 e. The zero-order valence-electron chi connectivity index (χ0n) is 7.06. The minimum absolute atomic E-state index is 0.0713. The zero-order valence-corrected chi connectivity index (χ0v) is 7.06. The van der Waals surface area contributed by atoms with E-state index in [0.29, 0.717) is 5.52 Å². The standard InChI is InChI=1S/C6H2N6O3/c7-11-8-6-4(12(13)14)2-1-3-5(6)10-15-9-3/h1-2H. The molecule has 0 saturated heterocycles. The van der Waals surface area contributed by atoms with Crippen LogP contribution in [-0.4, -0.2) is 15.2 Å². The summed E-state index contributed by atoms with van der Waals surface area (Å²) < 4.78 is 4.38. The summed E-state index contributed by atoms with van der Waals surface area (Å²) in [5.74, 6) is 0. The molecule has 1 heterocycles. The van der Waals surface area contributed by atoms with Gasteiger partial charge in [-0.15, -0.1) is 0 Å². The number of fused-ring (bicyclic) bond motifs is 1. The first kappa shape index (κ1) is 8.91. The van der Waals surface area contributed by atoms with Gasteiger partial charge in [-0.1, -0.05) is 5.11 Å².